The predicted molar refractivity (Wildman–Crippen MR) is 69.1 cm³/mol. The van der Waals surface area contributed by atoms with Crippen molar-refractivity contribution in [2.75, 3.05) is 0 Å². The summed E-state index contributed by atoms with van der Waals surface area (Å²) >= 11 is 0. The maximum atomic E-state index is 11.8. The molecule has 20 heavy (non-hydrogen) atoms. The van der Waals surface area contributed by atoms with Crippen LogP contribution in [0.3, 0.4) is 0 Å². The van der Waals surface area contributed by atoms with Gasteiger partial charge < -0.3 is 10.1 Å². The highest BCUT2D eigenvalue weighted by Gasteiger charge is 2.09. The van der Waals surface area contributed by atoms with E-state index in [2.05, 4.69) is 25.4 Å². The van der Waals surface area contributed by atoms with Crippen molar-refractivity contribution in [3.8, 4) is 11.4 Å². The van der Waals surface area contributed by atoms with Gasteiger partial charge >= 0.3 is 5.97 Å². The standard InChI is InChI=1S/C12H9N5O3/c18-8(19)5-6-1-3-7(4-2-6)10-13-11-9(12(20)14-10)15-17-16-11/h1-4H,5H2,(H,18,19)(H2,13,14,15,16,17,20). The molecular weight excluding hydrogens is 262 g/mol. The minimum absolute atomic E-state index is 0.0479. The van der Waals surface area contributed by atoms with Gasteiger partial charge in [0.1, 0.15) is 5.82 Å². The van der Waals surface area contributed by atoms with Gasteiger partial charge in [-0.1, -0.05) is 29.5 Å². The van der Waals surface area contributed by atoms with E-state index in [-0.39, 0.29) is 17.5 Å². The number of carboxylic acid groups (broad SMARTS) is 1. The molecule has 3 N–H and O–H groups in total. The van der Waals surface area contributed by atoms with E-state index in [0.29, 0.717) is 22.6 Å². The van der Waals surface area contributed by atoms with Crippen LogP contribution in [0.5, 0.6) is 0 Å². The molecule has 8 nitrogen and oxygen atoms in total. The normalized spacial score (nSPS) is 10.8. The van der Waals surface area contributed by atoms with Crippen molar-refractivity contribution in [3.05, 3.63) is 40.2 Å². The summed E-state index contributed by atoms with van der Waals surface area (Å²) < 4.78 is 0. The lowest BCUT2D eigenvalue weighted by atomic mass is 10.1. The molecule has 0 aliphatic rings. The van der Waals surface area contributed by atoms with E-state index in [1.807, 2.05) is 0 Å². The minimum atomic E-state index is -0.894. The van der Waals surface area contributed by atoms with Gasteiger partial charge in [-0.2, -0.15) is 0 Å². The largest absolute Gasteiger partial charge is 0.481 e. The molecule has 1 aromatic carbocycles. The second-order valence-electron chi connectivity index (χ2n) is 4.19. The molecule has 8 heteroatoms. The molecule has 3 aromatic rings. The van der Waals surface area contributed by atoms with E-state index in [9.17, 15) is 9.59 Å². The summed E-state index contributed by atoms with van der Waals surface area (Å²) in [4.78, 5) is 29.2. The van der Waals surface area contributed by atoms with Crippen LogP contribution >= 0.6 is 0 Å². The number of rotatable bonds is 3. The van der Waals surface area contributed by atoms with Crippen LogP contribution in [0.4, 0.5) is 0 Å². The van der Waals surface area contributed by atoms with Crippen molar-refractivity contribution in [1.82, 2.24) is 25.4 Å². The first-order valence-electron chi connectivity index (χ1n) is 5.75. The van der Waals surface area contributed by atoms with E-state index < -0.39 is 5.97 Å². The average molecular weight is 271 g/mol. The molecule has 0 unspecified atom stereocenters. The number of carboxylic acids is 1. The fourth-order valence-corrected chi connectivity index (χ4v) is 1.85. The number of H-pyrrole nitrogens is 2. The lowest BCUT2D eigenvalue weighted by molar-refractivity contribution is -0.136. The Morgan fingerprint density at radius 2 is 2.00 bits per heavy atom. The summed E-state index contributed by atoms with van der Waals surface area (Å²) in [5, 5.41) is 18.4. The van der Waals surface area contributed by atoms with Gasteiger partial charge in [-0.25, -0.2) is 10.1 Å². The molecule has 2 heterocycles. The molecule has 0 aliphatic carbocycles. The van der Waals surface area contributed by atoms with Gasteiger partial charge in [0.15, 0.2) is 11.2 Å². The third-order valence-electron chi connectivity index (χ3n) is 2.78. The first-order valence-corrected chi connectivity index (χ1v) is 5.75. The number of hydrogen-bond acceptors (Lipinski definition) is 5. The number of carbonyl (C=O) groups is 1. The van der Waals surface area contributed by atoms with Crippen LogP contribution in [0.1, 0.15) is 5.56 Å². The van der Waals surface area contributed by atoms with Crippen LogP contribution in [0, 0.1) is 0 Å². The van der Waals surface area contributed by atoms with Gasteiger partial charge in [-0.15, -0.1) is 5.10 Å². The number of aromatic amines is 2. The lowest BCUT2D eigenvalue weighted by Crippen LogP contribution is -2.09. The second kappa shape index (κ2) is 4.57. The molecule has 0 amide bonds. The fraction of sp³-hybridized carbons (Fsp3) is 0.0833. The number of aliphatic carboxylic acids is 1. The van der Waals surface area contributed by atoms with Crippen molar-refractivity contribution in [2.24, 2.45) is 0 Å². The Hall–Kier alpha value is -3.03. The van der Waals surface area contributed by atoms with E-state index in [1.165, 1.54) is 0 Å². The third-order valence-corrected chi connectivity index (χ3v) is 2.78. The van der Waals surface area contributed by atoms with Gasteiger partial charge in [0, 0.05) is 5.56 Å². The first-order chi connectivity index (χ1) is 9.63. The molecule has 0 saturated heterocycles. The molecule has 100 valence electrons. The van der Waals surface area contributed by atoms with Crippen molar-refractivity contribution in [3.63, 3.8) is 0 Å². The van der Waals surface area contributed by atoms with Gasteiger partial charge in [-0.3, -0.25) is 9.59 Å². The third kappa shape index (κ3) is 2.14. The number of nitrogens with one attached hydrogen (secondary N) is 2. The van der Waals surface area contributed by atoms with Crippen LogP contribution < -0.4 is 5.56 Å². The minimum Gasteiger partial charge on any atom is -0.481 e. The molecular formula is C12H9N5O3. The van der Waals surface area contributed by atoms with Gasteiger partial charge in [0.2, 0.25) is 0 Å². The zero-order chi connectivity index (χ0) is 14.1. The number of aromatic nitrogens is 5. The van der Waals surface area contributed by atoms with Crippen LogP contribution in [0.15, 0.2) is 29.1 Å². The van der Waals surface area contributed by atoms with Gasteiger partial charge in [0.25, 0.3) is 5.56 Å². The maximum Gasteiger partial charge on any atom is 0.307 e. The summed E-state index contributed by atoms with van der Waals surface area (Å²) in [7, 11) is 0. The summed E-state index contributed by atoms with van der Waals surface area (Å²) in [6.07, 6.45) is -0.0479. The zero-order valence-corrected chi connectivity index (χ0v) is 10.1. The molecule has 2 aromatic heterocycles. The molecule has 0 saturated carbocycles. The first kappa shape index (κ1) is 12.0. The number of nitrogens with zero attached hydrogens (tertiary/aromatic N) is 3. The Balaban J connectivity index is 2.02. The molecule has 0 radical (unpaired) electrons. The van der Waals surface area contributed by atoms with E-state index in [4.69, 9.17) is 5.11 Å². The lowest BCUT2D eigenvalue weighted by Gasteiger charge is -2.02. The predicted octanol–water partition coefficient (Wildman–Crippen LogP) is 0.335. The molecule has 0 aliphatic heterocycles. The monoisotopic (exact) mass is 271 g/mol. The summed E-state index contributed by atoms with van der Waals surface area (Å²) in [6.45, 7) is 0. The van der Waals surface area contributed by atoms with Crippen molar-refractivity contribution in [2.45, 2.75) is 6.42 Å². The summed E-state index contributed by atoms with van der Waals surface area (Å²) in [6, 6.07) is 6.76. The van der Waals surface area contributed by atoms with Crippen molar-refractivity contribution >= 4 is 17.1 Å². The Morgan fingerprint density at radius 1 is 1.25 bits per heavy atom. The van der Waals surface area contributed by atoms with Crippen LogP contribution in [-0.2, 0) is 11.2 Å². The second-order valence-corrected chi connectivity index (χ2v) is 4.19. The Labute approximate surface area is 111 Å². The smallest absolute Gasteiger partial charge is 0.307 e. The zero-order valence-electron chi connectivity index (χ0n) is 10.1. The van der Waals surface area contributed by atoms with Gasteiger partial charge in [-0.05, 0) is 5.56 Å². The van der Waals surface area contributed by atoms with Crippen LogP contribution in [0.2, 0.25) is 0 Å². The summed E-state index contributed by atoms with van der Waals surface area (Å²) in [5.41, 5.74) is 1.42. The van der Waals surface area contributed by atoms with Crippen molar-refractivity contribution in [1.29, 1.82) is 0 Å². The number of benzene rings is 1. The fourth-order valence-electron chi connectivity index (χ4n) is 1.85. The Bertz CT molecular complexity index is 834. The average Bonchev–Trinajstić information content (AvgIpc) is 2.87. The van der Waals surface area contributed by atoms with E-state index in [1.54, 1.807) is 24.3 Å². The summed E-state index contributed by atoms with van der Waals surface area (Å²) in [5.74, 6) is -0.523. The highest BCUT2D eigenvalue weighted by molar-refractivity contribution is 5.72. The van der Waals surface area contributed by atoms with Gasteiger partial charge in [0.05, 0.1) is 6.42 Å². The number of hydrogen-bond donors (Lipinski definition) is 3. The van der Waals surface area contributed by atoms with Crippen molar-refractivity contribution < 1.29 is 9.90 Å². The Kier molecular flexibility index (Phi) is 2.75. The Morgan fingerprint density at radius 3 is 2.70 bits per heavy atom. The highest BCUT2D eigenvalue weighted by atomic mass is 16.4. The van der Waals surface area contributed by atoms with E-state index >= 15 is 0 Å². The van der Waals surface area contributed by atoms with Crippen LogP contribution in [0.25, 0.3) is 22.6 Å². The van der Waals surface area contributed by atoms with Crippen LogP contribution in [-0.4, -0.2) is 36.5 Å². The topological polar surface area (TPSA) is 125 Å². The number of fused-ring (bicyclic) bond motifs is 1. The molecule has 0 fully saturated rings. The molecule has 0 bridgehead atoms. The maximum absolute atomic E-state index is 11.8. The quantitative estimate of drug-likeness (QED) is 0.630. The molecule has 0 atom stereocenters. The SMILES string of the molecule is O=C(O)Cc1ccc(-c2nc3[nH]nnc3c(=O)[nH]2)cc1. The highest BCUT2D eigenvalue weighted by Crippen LogP contribution is 2.15. The molecule has 0 spiro atoms. The molecule has 3 rings (SSSR count). The van der Waals surface area contributed by atoms with E-state index in [0.717, 1.165) is 0 Å².